The fraction of sp³-hybridized carbons (Fsp3) is 0.381. The van der Waals surface area contributed by atoms with Crippen molar-refractivity contribution in [3.8, 4) is 5.82 Å². The Bertz CT molecular complexity index is 1100. The number of rotatable bonds is 6. The van der Waals surface area contributed by atoms with Crippen molar-refractivity contribution in [3.63, 3.8) is 0 Å². The molecule has 8 nitrogen and oxygen atoms in total. The third kappa shape index (κ3) is 4.96. The van der Waals surface area contributed by atoms with Gasteiger partial charge in [-0.15, -0.1) is 0 Å². The minimum Gasteiger partial charge on any atom is -0.311 e. The van der Waals surface area contributed by atoms with Gasteiger partial charge in [-0.3, -0.25) is 9.59 Å². The summed E-state index contributed by atoms with van der Waals surface area (Å²) in [5.41, 5.74) is 1.62. The maximum atomic E-state index is 12.7. The SMILES string of the molecule is CSc1nc(C)c(CCC(=O)Nc2cc(C(C)(C)C)nn2-c2ccccn2)c(=O)[nH]1. The quantitative estimate of drug-likeness (QED) is 0.463. The second-order valence-corrected chi connectivity index (χ2v) is 8.75. The average Bonchev–Trinajstić information content (AvgIpc) is 3.12. The molecular weight excluding hydrogens is 400 g/mol. The number of H-pyrrole nitrogens is 1. The molecule has 3 aromatic rings. The molecule has 3 aromatic heterocycles. The fourth-order valence-corrected chi connectivity index (χ4v) is 3.33. The summed E-state index contributed by atoms with van der Waals surface area (Å²) in [7, 11) is 0. The van der Waals surface area contributed by atoms with E-state index < -0.39 is 0 Å². The highest BCUT2D eigenvalue weighted by atomic mass is 32.2. The van der Waals surface area contributed by atoms with Gasteiger partial charge in [0.15, 0.2) is 11.0 Å². The number of hydrogen-bond donors (Lipinski definition) is 2. The number of thioether (sulfide) groups is 1. The number of nitrogens with zero attached hydrogens (tertiary/aromatic N) is 4. The van der Waals surface area contributed by atoms with Crippen molar-refractivity contribution < 1.29 is 4.79 Å². The zero-order valence-corrected chi connectivity index (χ0v) is 18.6. The first-order valence-electron chi connectivity index (χ1n) is 9.64. The highest BCUT2D eigenvalue weighted by molar-refractivity contribution is 7.98. The molecule has 3 heterocycles. The Morgan fingerprint density at radius 1 is 1.30 bits per heavy atom. The third-order valence-electron chi connectivity index (χ3n) is 4.61. The van der Waals surface area contributed by atoms with Crippen LogP contribution in [0.2, 0.25) is 0 Å². The van der Waals surface area contributed by atoms with Gasteiger partial charge in [0.05, 0.1) is 5.69 Å². The van der Waals surface area contributed by atoms with Crippen LogP contribution in [-0.2, 0) is 16.6 Å². The predicted octanol–water partition coefficient (Wildman–Crippen LogP) is 3.25. The number of carbonyl (C=O) groups excluding carboxylic acids is 1. The Balaban J connectivity index is 1.80. The van der Waals surface area contributed by atoms with Crippen LogP contribution in [0.3, 0.4) is 0 Å². The summed E-state index contributed by atoms with van der Waals surface area (Å²) >= 11 is 1.37. The number of hydrogen-bond acceptors (Lipinski definition) is 6. The molecule has 0 spiro atoms. The molecular formula is C21H26N6O2S. The molecule has 0 aliphatic carbocycles. The van der Waals surface area contributed by atoms with E-state index in [1.807, 2.05) is 30.5 Å². The van der Waals surface area contributed by atoms with E-state index in [4.69, 9.17) is 0 Å². The molecule has 1 amide bonds. The number of nitrogens with one attached hydrogen (secondary N) is 2. The highest BCUT2D eigenvalue weighted by Gasteiger charge is 2.22. The van der Waals surface area contributed by atoms with Crippen LogP contribution in [0, 0.1) is 6.92 Å². The van der Waals surface area contributed by atoms with E-state index in [1.54, 1.807) is 17.8 Å². The Morgan fingerprint density at radius 3 is 2.67 bits per heavy atom. The number of pyridine rings is 1. The van der Waals surface area contributed by atoms with Gasteiger partial charge >= 0.3 is 0 Å². The molecule has 0 aromatic carbocycles. The van der Waals surface area contributed by atoms with Crippen molar-refractivity contribution >= 4 is 23.5 Å². The van der Waals surface area contributed by atoms with Crippen molar-refractivity contribution in [1.29, 1.82) is 0 Å². The van der Waals surface area contributed by atoms with Crippen molar-refractivity contribution in [3.05, 3.63) is 57.8 Å². The summed E-state index contributed by atoms with van der Waals surface area (Å²) in [6.45, 7) is 7.96. The fourth-order valence-electron chi connectivity index (χ4n) is 2.91. The van der Waals surface area contributed by atoms with Crippen molar-refractivity contribution in [2.45, 2.75) is 51.1 Å². The first-order chi connectivity index (χ1) is 14.2. The lowest BCUT2D eigenvalue weighted by Gasteiger charge is -2.13. The van der Waals surface area contributed by atoms with E-state index in [-0.39, 0.29) is 23.3 Å². The summed E-state index contributed by atoms with van der Waals surface area (Å²) in [5.74, 6) is 0.956. The van der Waals surface area contributed by atoms with Gasteiger partial charge in [0.25, 0.3) is 5.56 Å². The molecule has 0 bridgehead atoms. The summed E-state index contributed by atoms with van der Waals surface area (Å²) in [4.78, 5) is 36.4. The molecule has 0 unspecified atom stereocenters. The molecule has 0 aliphatic heterocycles. The van der Waals surface area contributed by atoms with E-state index in [0.717, 1.165) is 5.69 Å². The molecule has 9 heteroatoms. The number of aryl methyl sites for hydroxylation is 1. The van der Waals surface area contributed by atoms with Crippen LogP contribution in [0.25, 0.3) is 5.82 Å². The number of amides is 1. The topological polar surface area (TPSA) is 106 Å². The lowest BCUT2D eigenvalue weighted by Crippen LogP contribution is -2.21. The van der Waals surface area contributed by atoms with Crippen LogP contribution in [0.1, 0.15) is 44.1 Å². The molecule has 158 valence electrons. The standard InChI is InChI=1S/C21H26N6O2S/c1-13-14(19(29)25-20(23-13)30-5)9-10-18(28)24-17-12-15(21(2,3)4)26-27(17)16-8-6-7-11-22-16/h6-8,11-12H,9-10H2,1-5H3,(H,24,28)(H,23,25,29). The van der Waals surface area contributed by atoms with Crippen molar-refractivity contribution in [1.82, 2.24) is 24.7 Å². The van der Waals surface area contributed by atoms with Gasteiger partial charge in [-0.2, -0.15) is 9.78 Å². The van der Waals surface area contributed by atoms with Crippen LogP contribution >= 0.6 is 11.8 Å². The van der Waals surface area contributed by atoms with E-state index >= 15 is 0 Å². The average molecular weight is 427 g/mol. The van der Waals surface area contributed by atoms with Gasteiger partial charge in [-0.1, -0.05) is 38.6 Å². The van der Waals surface area contributed by atoms with E-state index in [0.29, 0.717) is 34.5 Å². The molecule has 0 atom stereocenters. The summed E-state index contributed by atoms with van der Waals surface area (Å²) in [6.07, 6.45) is 3.99. The van der Waals surface area contributed by atoms with E-state index in [2.05, 4.69) is 46.1 Å². The van der Waals surface area contributed by atoms with Crippen LogP contribution in [0.15, 0.2) is 40.4 Å². The van der Waals surface area contributed by atoms with Gasteiger partial charge in [0.1, 0.15) is 5.82 Å². The number of aromatic amines is 1. The second-order valence-electron chi connectivity index (χ2n) is 7.95. The first kappa shape index (κ1) is 21.8. The Hall–Kier alpha value is -2.94. The molecule has 30 heavy (non-hydrogen) atoms. The zero-order valence-electron chi connectivity index (χ0n) is 17.8. The van der Waals surface area contributed by atoms with Gasteiger partial charge in [0, 0.05) is 35.4 Å². The summed E-state index contributed by atoms with van der Waals surface area (Å²) in [5, 5.41) is 8.13. The number of anilines is 1. The van der Waals surface area contributed by atoms with E-state index in [1.165, 1.54) is 11.8 Å². The Labute approximate surface area is 179 Å². The Kier molecular flexibility index (Phi) is 6.40. The minimum atomic E-state index is -0.208. The summed E-state index contributed by atoms with van der Waals surface area (Å²) < 4.78 is 1.63. The van der Waals surface area contributed by atoms with Gasteiger partial charge in [-0.25, -0.2) is 9.97 Å². The molecule has 0 aliphatic rings. The van der Waals surface area contributed by atoms with Crippen LogP contribution in [0.5, 0.6) is 0 Å². The minimum absolute atomic E-state index is 0.155. The number of carbonyl (C=O) groups is 1. The zero-order chi connectivity index (χ0) is 21.9. The monoisotopic (exact) mass is 426 g/mol. The molecule has 2 N–H and O–H groups in total. The second kappa shape index (κ2) is 8.83. The largest absolute Gasteiger partial charge is 0.311 e. The lowest BCUT2D eigenvalue weighted by molar-refractivity contribution is -0.116. The van der Waals surface area contributed by atoms with Gasteiger partial charge in [0.2, 0.25) is 5.91 Å². The first-order valence-corrected chi connectivity index (χ1v) is 10.9. The molecule has 3 rings (SSSR count). The molecule has 0 radical (unpaired) electrons. The van der Waals surface area contributed by atoms with Gasteiger partial charge in [-0.05, 0) is 31.7 Å². The molecule has 0 saturated carbocycles. The number of aromatic nitrogens is 5. The Morgan fingerprint density at radius 2 is 2.07 bits per heavy atom. The molecule has 0 fully saturated rings. The predicted molar refractivity (Wildman–Crippen MR) is 118 cm³/mol. The maximum Gasteiger partial charge on any atom is 0.254 e. The maximum absolute atomic E-state index is 12.7. The normalized spacial score (nSPS) is 11.5. The van der Waals surface area contributed by atoms with Crippen LogP contribution < -0.4 is 10.9 Å². The third-order valence-corrected chi connectivity index (χ3v) is 5.19. The highest BCUT2D eigenvalue weighted by Crippen LogP contribution is 2.26. The van der Waals surface area contributed by atoms with Crippen LogP contribution in [0.4, 0.5) is 5.82 Å². The van der Waals surface area contributed by atoms with Gasteiger partial charge < -0.3 is 10.3 Å². The molecule has 0 saturated heterocycles. The van der Waals surface area contributed by atoms with Crippen molar-refractivity contribution in [2.75, 3.05) is 11.6 Å². The van der Waals surface area contributed by atoms with Crippen LogP contribution in [-0.4, -0.2) is 36.9 Å². The van der Waals surface area contributed by atoms with Crippen molar-refractivity contribution in [2.24, 2.45) is 0 Å². The summed E-state index contributed by atoms with van der Waals surface area (Å²) in [6, 6.07) is 7.38. The lowest BCUT2D eigenvalue weighted by atomic mass is 9.92. The smallest absolute Gasteiger partial charge is 0.254 e. The van der Waals surface area contributed by atoms with E-state index in [9.17, 15) is 9.59 Å².